The normalized spacial score (nSPS) is 19.9. The molecule has 1 aromatic heterocycles. The van der Waals surface area contributed by atoms with E-state index in [-0.39, 0.29) is 11.8 Å². The quantitative estimate of drug-likeness (QED) is 0.804. The van der Waals surface area contributed by atoms with E-state index < -0.39 is 11.6 Å². The maximum absolute atomic E-state index is 13.3. The summed E-state index contributed by atoms with van der Waals surface area (Å²) in [6.45, 7) is 2.38. The van der Waals surface area contributed by atoms with E-state index in [1.165, 1.54) is 18.6 Å². The largest absolute Gasteiger partial charge is 0.342 e. The predicted molar refractivity (Wildman–Crippen MR) is 101 cm³/mol. The Bertz CT molecular complexity index is 851. The fraction of sp³-hybridized carbons (Fsp3) is 0.571. The van der Waals surface area contributed by atoms with Crippen molar-refractivity contribution in [3.63, 3.8) is 0 Å². The lowest BCUT2D eigenvalue weighted by atomic mass is 9.96. The van der Waals surface area contributed by atoms with Crippen LogP contribution in [0.1, 0.15) is 61.7 Å². The molecule has 0 bridgehead atoms. The van der Waals surface area contributed by atoms with Gasteiger partial charge in [-0.3, -0.25) is 4.79 Å². The van der Waals surface area contributed by atoms with Gasteiger partial charge in [0.1, 0.15) is 11.6 Å². The third kappa shape index (κ3) is 4.08. The Morgan fingerprint density at radius 1 is 1.07 bits per heavy atom. The number of halogens is 2. The topological polar surface area (TPSA) is 51.0 Å². The Kier molecular flexibility index (Phi) is 5.69. The number of piperidine rings is 1. The standard InChI is InChI=1S/C21H26F2N4O/c22-17-9-7-15(13-18(17)23)8-10-20(28)26-11-4-5-16(14-26)21-25-24-19-6-2-1-3-12-27(19)21/h7,9,13,16H,1-6,8,10-12,14H2. The fourth-order valence-electron chi connectivity index (χ4n) is 4.33. The smallest absolute Gasteiger partial charge is 0.222 e. The number of aryl methyl sites for hydroxylation is 2. The van der Waals surface area contributed by atoms with Gasteiger partial charge in [-0.15, -0.1) is 10.2 Å². The number of fused-ring (bicyclic) bond motifs is 1. The number of nitrogens with zero attached hydrogens (tertiary/aromatic N) is 4. The molecule has 1 atom stereocenters. The molecule has 0 saturated carbocycles. The molecule has 0 aliphatic carbocycles. The van der Waals surface area contributed by atoms with Crippen molar-refractivity contribution in [3.05, 3.63) is 47.0 Å². The van der Waals surface area contributed by atoms with Gasteiger partial charge in [0, 0.05) is 38.4 Å². The van der Waals surface area contributed by atoms with Crippen LogP contribution in [0.5, 0.6) is 0 Å². The summed E-state index contributed by atoms with van der Waals surface area (Å²) in [5.74, 6) is 0.659. The number of hydrogen-bond donors (Lipinski definition) is 0. The lowest BCUT2D eigenvalue weighted by Gasteiger charge is -2.32. The first kappa shape index (κ1) is 19.0. The zero-order chi connectivity index (χ0) is 19.5. The number of hydrogen-bond acceptors (Lipinski definition) is 3. The van der Waals surface area contributed by atoms with Gasteiger partial charge in [-0.2, -0.15) is 0 Å². The second-order valence-electron chi connectivity index (χ2n) is 7.86. The zero-order valence-corrected chi connectivity index (χ0v) is 16.0. The third-order valence-electron chi connectivity index (χ3n) is 5.89. The minimum absolute atomic E-state index is 0.0602. The van der Waals surface area contributed by atoms with Crippen LogP contribution in [0.25, 0.3) is 0 Å². The average molecular weight is 388 g/mol. The van der Waals surface area contributed by atoms with Crippen LogP contribution in [-0.4, -0.2) is 38.7 Å². The molecule has 1 fully saturated rings. The summed E-state index contributed by atoms with van der Waals surface area (Å²) in [6.07, 6.45) is 7.21. The van der Waals surface area contributed by atoms with Crippen molar-refractivity contribution in [2.75, 3.05) is 13.1 Å². The van der Waals surface area contributed by atoms with E-state index in [9.17, 15) is 13.6 Å². The van der Waals surface area contributed by atoms with Crippen LogP contribution in [0.3, 0.4) is 0 Å². The van der Waals surface area contributed by atoms with E-state index in [4.69, 9.17) is 0 Å². The first-order chi connectivity index (χ1) is 13.6. The van der Waals surface area contributed by atoms with Crippen LogP contribution >= 0.6 is 0 Å². The van der Waals surface area contributed by atoms with Gasteiger partial charge < -0.3 is 9.47 Å². The monoisotopic (exact) mass is 388 g/mol. The molecule has 1 unspecified atom stereocenters. The Hall–Kier alpha value is -2.31. The Balaban J connectivity index is 1.39. The molecule has 1 saturated heterocycles. The maximum Gasteiger partial charge on any atom is 0.222 e. The summed E-state index contributed by atoms with van der Waals surface area (Å²) in [5.41, 5.74) is 0.642. The molecule has 1 amide bonds. The van der Waals surface area contributed by atoms with Crippen LogP contribution in [0.2, 0.25) is 0 Å². The van der Waals surface area contributed by atoms with Crippen LogP contribution in [0.4, 0.5) is 8.78 Å². The van der Waals surface area contributed by atoms with E-state index in [1.54, 1.807) is 0 Å². The maximum atomic E-state index is 13.3. The highest BCUT2D eigenvalue weighted by Crippen LogP contribution is 2.28. The SMILES string of the molecule is O=C(CCc1ccc(F)c(F)c1)N1CCCC(c2nnc3n2CCCCC3)C1. The van der Waals surface area contributed by atoms with E-state index in [0.29, 0.717) is 24.9 Å². The zero-order valence-electron chi connectivity index (χ0n) is 16.0. The van der Waals surface area contributed by atoms with Crippen LogP contribution < -0.4 is 0 Å². The highest BCUT2D eigenvalue weighted by Gasteiger charge is 2.29. The van der Waals surface area contributed by atoms with Gasteiger partial charge in [-0.25, -0.2) is 8.78 Å². The fourth-order valence-corrected chi connectivity index (χ4v) is 4.33. The second-order valence-corrected chi connectivity index (χ2v) is 7.86. The van der Waals surface area contributed by atoms with Crippen molar-refractivity contribution >= 4 is 5.91 Å². The lowest BCUT2D eigenvalue weighted by Crippen LogP contribution is -2.40. The molecular formula is C21H26F2N4O. The van der Waals surface area contributed by atoms with Gasteiger partial charge in [0.25, 0.3) is 0 Å². The minimum Gasteiger partial charge on any atom is -0.342 e. The molecule has 3 heterocycles. The van der Waals surface area contributed by atoms with Crippen LogP contribution in [-0.2, 0) is 24.2 Å². The second kappa shape index (κ2) is 8.37. The molecule has 5 nitrogen and oxygen atoms in total. The Labute approximate surface area is 163 Å². The highest BCUT2D eigenvalue weighted by atomic mass is 19.2. The number of aromatic nitrogens is 3. The first-order valence-electron chi connectivity index (χ1n) is 10.3. The molecule has 0 radical (unpaired) electrons. The van der Waals surface area contributed by atoms with Crippen molar-refractivity contribution in [3.8, 4) is 0 Å². The highest BCUT2D eigenvalue weighted by molar-refractivity contribution is 5.76. The molecule has 2 aliphatic heterocycles. The van der Waals surface area contributed by atoms with E-state index >= 15 is 0 Å². The molecule has 7 heteroatoms. The van der Waals surface area contributed by atoms with Crippen LogP contribution in [0.15, 0.2) is 18.2 Å². The molecule has 2 aromatic rings. The van der Waals surface area contributed by atoms with Crippen LogP contribution in [0, 0.1) is 11.6 Å². The summed E-state index contributed by atoms with van der Waals surface area (Å²) in [7, 11) is 0. The molecule has 0 spiro atoms. The Morgan fingerprint density at radius 3 is 2.82 bits per heavy atom. The minimum atomic E-state index is -0.865. The number of rotatable bonds is 4. The average Bonchev–Trinajstić information content (AvgIpc) is 2.97. The number of likely N-dealkylation sites (tertiary alicyclic amines) is 1. The molecule has 4 rings (SSSR count). The first-order valence-corrected chi connectivity index (χ1v) is 10.3. The number of benzene rings is 1. The Morgan fingerprint density at radius 2 is 1.96 bits per heavy atom. The third-order valence-corrected chi connectivity index (χ3v) is 5.89. The summed E-state index contributed by atoms with van der Waals surface area (Å²) in [4.78, 5) is 14.6. The number of amides is 1. The number of carbonyl (C=O) groups excluding carboxylic acids is 1. The van der Waals surface area contributed by atoms with Crippen molar-refractivity contribution in [1.82, 2.24) is 19.7 Å². The van der Waals surface area contributed by atoms with E-state index in [2.05, 4.69) is 14.8 Å². The lowest BCUT2D eigenvalue weighted by molar-refractivity contribution is -0.132. The molecule has 2 aliphatic rings. The molecule has 1 aromatic carbocycles. The van der Waals surface area contributed by atoms with Gasteiger partial charge >= 0.3 is 0 Å². The van der Waals surface area contributed by atoms with Gasteiger partial charge in [0.05, 0.1) is 0 Å². The van der Waals surface area contributed by atoms with Crippen molar-refractivity contribution in [2.45, 2.75) is 63.8 Å². The summed E-state index contributed by atoms with van der Waals surface area (Å²) in [5, 5.41) is 8.86. The van der Waals surface area contributed by atoms with Crippen molar-refractivity contribution < 1.29 is 13.6 Å². The predicted octanol–water partition coefficient (Wildman–Crippen LogP) is 3.62. The molecule has 28 heavy (non-hydrogen) atoms. The summed E-state index contributed by atoms with van der Waals surface area (Å²) < 4.78 is 28.7. The van der Waals surface area contributed by atoms with E-state index in [0.717, 1.165) is 62.9 Å². The molecule has 150 valence electrons. The number of carbonyl (C=O) groups is 1. The van der Waals surface area contributed by atoms with Gasteiger partial charge in [-0.05, 0) is 49.8 Å². The summed E-state index contributed by atoms with van der Waals surface area (Å²) in [6, 6.07) is 3.83. The van der Waals surface area contributed by atoms with E-state index in [1.807, 2.05) is 4.90 Å². The molecule has 0 N–H and O–H groups in total. The van der Waals surface area contributed by atoms with Gasteiger partial charge in [0.15, 0.2) is 11.6 Å². The molecular weight excluding hydrogens is 362 g/mol. The van der Waals surface area contributed by atoms with Gasteiger partial charge in [-0.1, -0.05) is 12.5 Å². The summed E-state index contributed by atoms with van der Waals surface area (Å²) >= 11 is 0. The van der Waals surface area contributed by atoms with Gasteiger partial charge in [0.2, 0.25) is 5.91 Å². The van der Waals surface area contributed by atoms with Crippen molar-refractivity contribution in [2.24, 2.45) is 0 Å². The van der Waals surface area contributed by atoms with Crippen molar-refractivity contribution in [1.29, 1.82) is 0 Å².